The zero-order valence-corrected chi connectivity index (χ0v) is 13.1. The Morgan fingerprint density at radius 2 is 2.09 bits per heavy atom. The lowest BCUT2D eigenvalue weighted by Crippen LogP contribution is -2.55. The van der Waals surface area contributed by atoms with E-state index in [1.165, 1.54) is 6.07 Å². The van der Waals surface area contributed by atoms with E-state index in [1.807, 2.05) is 13.8 Å². The number of halogens is 1. The summed E-state index contributed by atoms with van der Waals surface area (Å²) in [5.41, 5.74) is 4.94. The fourth-order valence-corrected chi connectivity index (χ4v) is 2.81. The summed E-state index contributed by atoms with van der Waals surface area (Å²) in [6.07, 6.45) is 0. The Labute approximate surface area is 133 Å². The van der Waals surface area contributed by atoms with Crippen molar-refractivity contribution in [3.8, 4) is 5.75 Å². The molecule has 2 aliphatic heterocycles. The number of carbonyl (C=O) groups excluding carboxylic acids is 2. The Morgan fingerprint density at radius 3 is 2.65 bits per heavy atom. The number of benzene rings is 1. The molecule has 1 saturated heterocycles. The molecule has 0 radical (unpaired) electrons. The van der Waals surface area contributed by atoms with E-state index in [-0.39, 0.29) is 42.0 Å². The lowest BCUT2D eigenvalue weighted by Gasteiger charge is -2.41. The molecule has 2 aliphatic rings. The Bertz CT molecular complexity index is 672. The van der Waals surface area contributed by atoms with Crippen molar-refractivity contribution >= 4 is 11.8 Å². The van der Waals surface area contributed by atoms with Gasteiger partial charge in [-0.05, 0) is 26.0 Å². The molecule has 0 aromatic heterocycles. The third kappa shape index (κ3) is 2.65. The predicted molar refractivity (Wildman–Crippen MR) is 79.4 cm³/mol. The van der Waals surface area contributed by atoms with Crippen molar-refractivity contribution in [3.05, 3.63) is 29.1 Å². The van der Waals surface area contributed by atoms with Crippen molar-refractivity contribution in [3.63, 3.8) is 0 Å². The molecule has 1 atom stereocenters. The number of hydrogen-bond donors (Lipinski definition) is 1. The largest absolute Gasteiger partial charge is 0.491 e. The van der Waals surface area contributed by atoms with Crippen molar-refractivity contribution in [2.24, 2.45) is 11.1 Å². The summed E-state index contributed by atoms with van der Waals surface area (Å²) in [4.78, 5) is 25.6. The van der Waals surface area contributed by atoms with Crippen LogP contribution in [-0.2, 0) is 16.1 Å². The topological polar surface area (TPSA) is 81.9 Å². The van der Waals surface area contributed by atoms with E-state index >= 15 is 0 Å². The van der Waals surface area contributed by atoms with Crippen molar-refractivity contribution in [2.45, 2.75) is 26.4 Å². The minimum absolute atomic E-state index is 0.0491. The van der Waals surface area contributed by atoms with Gasteiger partial charge in [0, 0.05) is 11.1 Å². The van der Waals surface area contributed by atoms with E-state index in [0.29, 0.717) is 13.2 Å². The van der Waals surface area contributed by atoms with Gasteiger partial charge < -0.3 is 20.1 Å². The van der Waals surface area contributed by atoms with Crippen LogP contribution in [-0.4, -0.2) is 42.6 Å². The molecule has 0 spiro atoms. The quantitative estimate of drug-likeness (QED) is 0.883. The highest BCUT2D eigenvalue weighted by atomic mass is 19.1. The second kappa shape index (κ2) is 5.49. The summed E-state index contributed by atoms with van der Waals surface area (Å²) in [7, 11) is 0. The number of nitrogens with two attached hydrogens (primary N) is 1. The normalized spacial score (nSPS) is 22.4. The van der Waals surface area contributed by atoms with Crippen LogP contribution in [0.25, 0.3) is 0 Å². The highest BCUT2D eigenvalue weighted by molar-refractivity contribution is 5.93. The Hall–Kier alpha value is -2.15. The van der Waals surface area contributed by atoms with Gasteiger partial charge in [0.1, 0.15) is 18.2 Å². The van der Waals surface area contributed by atoms with Crippen LogP contribution in [0.4, 0.5) is 4.39 Å². The Balaban J connectivity index is 1.95. The van der Waals surface area contributed by atoms with Crippen LogP contribution in [0, 0.1) is 11.2 Å². The molecule has 7 heteroatoms. The van der Waals surface area contributed by atoms with E-state index in [0.717, 1.165) is 6.07 Å². The van der Waals surface area contributed by atoms with Gasteiger partial charge in [0.2, 0.25) is 11.8 Å². The zero-order chi connectivity index (χ0) is 16.8. The molecule has 1 unspecified atom stereocenters. The zero-order valence-electron chi connectivity index (χ0n) is 13.1. The average molecular weight is 322 g/mol. The van der Waals surface area contributed by atoms with Gasteiger partial charge in [0.25, 0.3) is 0 Å². The van der Waals surface area contributed by atoms with Gasteiger partial charge in [0.15, 0.2) is 0 Å². The monoisotopic (exact) mass is 322 g/mol. The minimum Gasteiger partial charge on any atom is -0.491 e. The highest BCUT2D eigenvalue weighted by Gasteiger charge is 2.45. The molecule has 2 N–H and O–H groups in total. The summed E-state index contributed by atoms with van der Waals surface area (Å²) in [6.45, 7) is 4.73. The smallest absolute Gasteiger partial charge is 0.248 e. The summed E-state index contributed by atoms with van der Waals surface area (Å²) < 4.78 is 25.1. The van der Waals surface area contributed by atoms with Crippen molar-refractivity contribution in [2.75, 3.05) is 19.8 Å². The highest BCUT2D eigenvalue weighted by Crippen LogP contribution is 2.34. The van der Waals surface area contributed by atoms with Crippen molar-refractivity contribution in [1.29, 1.82) is 0 Å². The van der Waals surface area contributed by atoms with E-state index in [4.69, 9.17) is 15.2 Å². The summed E-state index contributed by atoms with van der Waals surface area (Å²) in [5, 5.41) is 0. The first-order valence-corrected chi connectivity index (χ1v) is 7.46. The van der Waals surface area contributed by atoms with E-state index in [1.54, 1.807) is 4.90 Å². The number of primary amides is 1. The summed E-state index contributed by atoms with van der Waals surface area (Å²) in [5.74, 6) is -1.14. The number of amides is 2. The molecule has 6 nitrogen and oxygen atoms in total. The summed E-state index contributed by atoms with van der Waals surface area (Å²) in [6, 6.07) is 2.29. The molecule has 0 aliphatic carbocycles. The van der Waals surface area contributed by atoms with E-state index in [9.17, 15) is 14.0 Å². The molecule has 2 amide bonds. The molecule has 0 saturated carbocycles. The molecule has 23 heavy (non-hydrogen) atoms. The second-order valence-electron chi connectivity index (χ2n) is 6.45. The van der Waals surface area contributed by atoms with E-state index in [2.05, 4.69) is 0 Å². The molecule has 3 rings (SSSR count). The maximum absolute atomic E-state index is 14.4. The van der Waals surface area contributed by atoms with Crippen LogP contribution in [0.3, 0.4) is 0 Å². The number of ether oxygens (including phenoxy) is 2. The van der Waals surface area contributed by atoms with Crippen molar-refractivity contribution < 1.29 is 23.5 Å². The van der Waals surface area contributed by atoms with Crippen LogP contribution in [0.2, 0.25) is 0 Å². The van der Waals surface area contributed by atoms with Gasteiger partial charge in [-0.25, -0.2) is 4.39 Å². The molecular formula is C16H19FN2O4. The van der Waals surface area contributed by atoms with Crippen LogP contribution in [0.5, 0.6) is 5.75 Å². The number of carbonyl (C=O) groups is 2. The van der Waals surface area contributed by atoms with Gasteiger partial charge >= 0.3 is 0 Å². The summed E-state index contributed by atoms with van der Waals surface area (Å²) >= 11 is 0. The lowest BCUT2D eigenvalue weighted by molar-refractivity contribution is -0.171. The van der Waals surface area contributed by atoms with Gasteiger partial charge in [-0.2, -0.15) is 0 Å². The Kier molecular flexibility index (Phi) is 3.75. The maximum atomic E-state index is 14.4. The first kappa shape index (κ1) is 15.7. The molecule has 1 aromatic carbocycles. The van der Waals surface area contributed by atoms with Crippen LogP contribution in [0.1, 0.15) is 29.8 Å². The number of rotatable bonds is 2. The number of nitrogens with zero attached hydrogens (tertiary/aromatic N) is 1. The number of fused-ring (bicyclic) bond motifs is 1. The van der Waals surface area contributed by atoms with Gasteiger partial charge in [0.05, 0.1) is 31.2 Å². The maximum Gasteiger partial charge on any atom is 0.248 e. The van der Waals surface area contributed by atoms with Crippen LogP contribution < -0.4 is 10.5 Å². The van der Waals surface area contributed by atoms with E-state index < -0.39 is 17.1 Å². The molecule has 124 valence electrons. The van der Waals surface area contributed by atoms with Gasteiger partial charge in [-0.15, -0.1) is 0 Å². The lowest BCUT2D eigenvalue weighted by atomic mass is 9.86. The van der Waals surface area contributed by atoms with Crippen LogP contribution in [0.15, 0.2) is 12.1 Å². The molecule has 1 aromatic rings. The molecule has 0 bridgehead atoms. The number of hydrogen-bond acceptors (Lipinski definition) is 4. The third-order valence-electron chi connectivity index (χ3n) is 4.40. The predicted octanol–water partition coefficient (Wildman–Crippen LogP) is 1.07. The van der Waals surface area contributed by atoms with Crippen LogP contribution >= 0.6 is 0 Å². The third-order valence-corrected chi connectivity index (χ3v) is 4.40. The van der Waals surface area contributed by atoms with Gasteiger partial charge in [-0.1, -0.05) is 0 Å². The molecule has 2 heterocycles. The standard InChI is InChI=1S/C16H19FN2O4/c1-9-6-23-13-4-10(14(18)20)3-12(17)11(13)5-19(9)15(21)16(2)7-22-8-16/h3-4,9H,5-8H2,1-2H3,(H2,18,20). The first-order chi connectivity index (χ1) is 10.8. The molecule has 1 fully saturated rings. The fraction of sp³-hybridized carbons (Fsp3) is 0.500. The minimum atomic E-state index is -0.723. The van der Waals surface area contributed by atoms with Gasteiger partial charge in [-0.3, -0.25) is 9.59 Å². The second-order valence-corrected chi connectivity index (χ2v) is 6.45. The Morgan fingerprint density at radius 1 is 1.39 bits per heavy atom. The SMILES string of the molecule is CC1COc2cc(C(N)=O)cc(F)c2CN1C(=O)C1(C)COC1. The first-order valence-electron chi connectivity index (χ1n) is 7.46. The fourth-order valence-electron chi connectivity index (χ4n) is 2.81. The van der Waals surface area contributed by atoms with Crippen molar-refractivity contribution in [1.82, 2.24) is 4.90 Å². The average Bonchev–Trinajstić information content (AvgIpc) is 2.64. The molecular weight excluding hydrogens is 303 g/mol.